The molecule has 1 aromatic heterocycles. The molecule has 3 aromatic carbocycles. The normalized spacial score (nSPS) is 15.7. The average Bonchev–Trinajstić information content (AvgIpc) is 3.15. The third-order valence-corrected chi connectivity index (χ3v) is 7.48. The number of amides is 2. The van der Waals surface area contributed by atoms with E-state index in [1.807, 2.05) is 64.2 Å². The Bertz CT molecular complexity index is 1380. The minimum atomic E-state index is -0.0981. The van der Waals surface area contributed by atoms with Gasteiger partial charge in [-0.1, -0.05) is 60.7 Å². The van der Waals surface area contributed by atoms with E-state index < -0.39 is 0 Å². The average molecular weight is 510 g/mol. The fourth-order valence-electron chi connectivity index (χ4n) is 5.39. The first-order valence-electron chi connectivity index (χ1n) is 13.4. The SMILES string of the molecule is COc1ccc(CNC(=O)Cn2cc(C(=O)N3CCCC(Cc4ccccc4)CC3)c3ccccc32)cc1. The van der Waals surface area contributed by atoms with Crippen molar-refractivity contribution in [2.24, 2.45) is 5.92 Å². The fraction of sp³-hybridized carbons (Fsp3) is 0.312. The maximum Gasteiger partial charge on any atom is 0.256 e. The highest BCUT2D eigenvalue weighted by Gasteiger charge is 2.25. The van der Waals surface area contributed by atoms with E-state index in [9.17, 15) is 9.59 Å². The molecule has 6 heteroatoms. The standard InChI is InChI=1S/C32H35N3O3/c1-38-27-15-13-26(14-16-27)21-33-31(36)23-35-22-29(28-11-5-6-12-30(28)35)32(37)34-18-7-10-25(17-19-34)20-24-8-3-2-4-9-24/h2-6,8-9,11-16,22,25H,7,10,17-21,23H2,1H3,(H,33,36). The Morgan fingerprint density at radius 1 is 0.895 bits per heavy atom. The number of likely N-dealkylation sites (tertiary alicyclic amines) is 1. The van der Waals surface area contributed by atoms with E-state index in [-0.39, 0.29) is 18.4 Å². The highest BCUT2D eigenvalue weighted by Crippen LogP contribution is 2.26. The molecule has 5 rings (SSSR count). The summed E-state index contributed by atoms with van der Waals surface area (Å²) in [6, 6.07) is 26.1. The van der Waals surface area contributed by atoms with Gasteiger partial charge in [0.15, 0.2) is 0 Å². The first kappa shape index (κ1) is 25.6. The van der Waals surface area contributed by atoms with Gasteiger partial charge >= 0.3 is 0 Å². The van der Waals surface area contributed by atoms with E-state index in [4.69, 9.17) is 4.74 Å². The fourth-order valence-corrected chi connectivity index (χ4v) is 5.39. The highest BCUT2D eigenvalue weighted by atomic mass is 16.5. The molecule has 1 saturated heterocycles. The number of carbonyl (C=O) groups excluding carboxylic acids is 2. The lowest BCUT2D eigenvalue weighted by molar-refractivity contribution is -0.121. The molecule has 0 bridgehead atoms. The van der Waals surface area contributed by atoms with Crippen LogP contribution < -0.4 is 10.1 Å². The number of nitrogens with one attached hydrogen (secondary N) is 1. The number of nitrogens with zero attached hydrogens (tertiary/aromatic N) is 2. The van der Waals surface area contributed by atoms with Crippen LogP contribution in [-0.4, -0.2) is 41.5 Å². The molecule has 0 aliphatic carbocycles. The summed E-state index contributed by atoms with van der Waals surface area (Å²) in [4.78, 5) is 28.5. The molecule has 38 heavy (non-hydrogen) atoms. The Kier molecular flexibility index (Phi) is 8.07. The maximum absolute atomic E-state index is 13.7. The number of para-hydroxylation sites is 1. The summed E-state index contributed by atoms with van der Waals surface area (Å²) in [5.41, 5.74) is 3.93. The molecule has 0 spiro atoms. The molecule has 6 nitrogen and oxygen atoms in total. The van der Waals surface area contributed by atoms with Gasteiger partial charge in [0.05, 0.1) is 12.7 Å². The summed E-state index contributed by atoms with van der Waals surface area (Å²) in [5, 5.41) is 3.88. The van der Waals surface area contributed by atoms with Crippen molar-refractivity contribution in [3.05, 3.63) is 102 Å². The van der Waals surface area contributed by atoms with Crippen LogP contribution in [0.25, 0.3) is 10.9 Å². The smallest absolute Gasteiger partial charge is 0.256 e. The summed E-state index contributed by atoms with van der Waals surface area (Å²) in [6.45, 7) is 2.12. The lowest BCUT2D eigenvalue weighted by atomic mass is 9.93. The monoisotopic (exact) mass is 509 g/mol. The van der Waals surface area contributed by atoms with Crippen molar-refractivity contribution in [1.82, 2.24) is 14.8 Å². The minimum Gasteiger partial charge on any atom is -0.497 e. The third-order valence-electron chi connectivity index (χ3n) is 7.48. The Balaban J connectivity index is 1.25. The number of carbonyl (C=O) groups is 2. The van der Waals surface area contributed by atoms with Gasteiger partial charge in [-0.15, -0.1) is 0 Å². The lowest BCUT2D eigenvalue weighted by Gasteiger charge is -2.20. The van der Waals surface area contributed by atoms with Crippen LogP contribution in [0.3, 0.4) is 0 Å². The predicted molar refractivity (Wildman–Crippen MR) is 150 cm³/mol. The van der Waals surface area contributed by atoms with Gasteiger partial charge in [-0.2, -0.15) is 0 Å². The van der Waals surface area contributed by atoms with Crippen molar-refractivity contribution in [3.8, 4) is 5.75 Å². The van der Waals surface area contributed by atoms with Crippen LogP contribution in [0.1, 0.15) is 40.7 Å². The van der Waals surface area contributed by atoms with E-state index in [1.165, 1.54) is 5.56 Å². The van der Waals surface area contributed by atoms with Crippen LogP contribution >= 0.6 is 0 Å². The first-order valence-corrected chi connectivity index (χ1v) is 13.4. The second-order valence-electron chi connectivity index (χ2n) is 10.1. The van der Waals surface area contributed by atoms with E-state index in [0.717, 1.165) is 61.0 Å². The molecule has 0 saturated carbocycles. The maximum atomic E-state index is 13.7. The Hall–Kier alpha value is -4.06. The molecular weight excluding hydrogens is 474 g/mol. The molecule has 0 radical (unpaired) electrons. The molecule has 1 aliphatic rings. The molecule has 1 unspecified atom stereocenters. The van der Waals surface area contributed by atoms with Gasteiger partial charge < -0.3 is 19.5 Å². The summed E-state index contributed by atoms with van der Waals surface area (Å²) in [5.74, 6) is 1.33. The van der Waals surface area contributed by atoms with Crippen molar-refractivity contribution in [3.63, 3.8) is 0 Å². The van der Waals surface area contributed by atoms with Crippen LogP contribution in [-0.2, 0) is 24.3 Å². The van der Waals surface area contributed by atoms with Crippen molar-refractivity contribution in [2.75, 3.05) is 20.2 Å². The molecule has 2 heterocycles. The molecule has 1 aliphatic heterocycles. The zero-order valence-electron chi connectivity index (χ0n) is 21.9. The van der Waals surface area contributed by atoms with Crippen LogP contribution in [0.2, 0.25) is 0 Å². The molecule has 4 aromatic rings. The number of benzene rings is 3. The van der Waals surface area contributed by atoms with Gasteiger partial charge in [0.2, 0.25) is 5.91 Å². The lowest BCUT2D eigenvalue weighted by Crippen LogP contribution is -2.32. The molecular formula is C32H35N3O3. The number of ether oxygens (including phenoxy) is 1. The molecule has 1 N–H and O–H groups in total. The van der Waals surface area contributed by atoms with Crippen LogP contribution in [0.4, 0.5) is 0 Å². The Labute approximate surface area is 224 Å². The molecule has 1 atom stereocenters. The van der Waals surface area contributed by atoms with E-state index in [2.05, 4.69) is 35.6 Å². The second kappa shape index (κ2) is 12.0. The van der Waals surface area contributed by atoms with E-state index >= 15 is 0 Å². The summed E-state index contributed by atoms with van der Waals surface area (Å²) in [6.07, 6.45) is 6.07. The molecule has 196 valence electrons. The van der Waals surface area contributed by atoms with Crippen molar-refractivity contribution in [1.29, 1.82) is 0 Å². The second-order valence-corrected chi connectivity index (χ2v) is 10.1. The van der Waals surface area contributed by atoms with Crippen molar-refractivity contribution in [2.45, 2.75) is 38.8 Å². The Morgan fingerprint density at radius 3 is 2.45 bits per heavy atom. The van der Waals surface area contributed by atoms with Crippen molar-refractivity contribution >= 4 is 22.7 Å². The van der Waals surface area contributed by atoms with Crippen LogP contribution in [0, 0.1) is 5.92 Å². The molecule has 2 amide bonds. The summed E-state index contributed by atoms with van der Waals surface area (Å²) >= 11 is 0. The number of fused-ring (bicyclic) bond motifs is 1. The highest BCUT2D eigenvalue weighted by molar-refractivity contribution is 6.07. The van der Waals surface area contributed by atoms with Gasteiger partial charge in [-0.25, -0.2) is 0 Å². The van der Waals surface area contributed by atoms with Crippen LogP contribution in [0.15, 0.2) is 85.1 Å². The van der Waals surface area contributed by atoms with E-state index in [1.54, 1.807) is 7.11 Å². The third kappa shape index (κ3) is 6.08. The summed E-state index contributed by atoms with van der Waals surface area (Å²) < 4.78 is 7.09. The quantitative estimate of drug-likeness (QED) is 0.344. The Morgan fingerprint density at radius 2 is 1.66 bits per heavy atom. The van der Waals surface area contributed by atoms with Gasteiger partial charge in [-0.3, -0.25) is 9.59 Å². The van der Waals surface area contributed by atoms with Gasteiger partial charge in [0.25, 0.3) is 5.91 Å². The van der Waals surface area contributed by atoms with Gasteiger partial charge in [0.1, 0.15) is 12.3 Å². The largest absolute Gasteiger partial charge is 0.497 e. The van der Waals surface area contributed by atoms with Gasteiger partial charge in [-0.05, 0) is 60.9 Å². The minimum absolute atomic E-state index is 0.0546. The van der Waals surface area contributed by atoms with Crippen LogP contribution in [0.5, 0.6) is 5.75 Å². The zero-order chi connectivity index (χ0) is 26.3. The summed E-state index contributed by atoms with van der Waals surface area (Å²) in [7, 11) is 1.63. The topological polar surface area (TPSA) is 63.6 Å². The van der Waals surface area contributed by atoms with Crippen molar-refractivity contribution < 1.29 is 14.3 Å². The predicted octanol–water partition coefficient (Wildman–Crippen LogP) is 5.45. The number of hydrogen-bond acceptors (Lipinski definition) is 3. The zero-order valence-corrected chi connectivity index (χ0v) is 21.9. The number of methoxy groups -OCH3 is 1. The molecule has 1 fully saturated rings. The number of hydrogen-bond donors (Lipinski definition) is 1. The number of aromatic nitrogens is 1. The van der Waals surface area contributed by atoms with Gasteiger partial charge in [0, 0.05) is 36.7 Å². The first-order chi connectivity index (χ1) is 18.6. The van der Waals surface area contributed by atoms with E-state index in [0.29, 0.717) is 18.0 Å². The number of rotatable bonds is 8.